The van der Waals surface area contributed by atoms with Crippen molar-refractivity contribution in [1.29, 1.82) is 0 Å². The standard InChI is InChI=1S/C11H12O4/c1-2-7-4-3-5-8(6-7)9(12)10(13)11(14)15/h2-6,9-10,12-13H,1H2,(H,14,15). The molecule has 0 aliphatic heterocycles. The number of hydrogen-bond donors (Lipinski definition) is 3. The SMILES string of the molecule is C=Cc1cccc(C(O)C(O)C(=O)O)c1. The Morgan fingerprint density at radius 1 is 1.40 bits per heavy atom. The summed E-state index contributed by atoms with van der Waals surface area (Å²) < 4.78 is 0. The van der Waals surface area contributed by atoms with Crippen LogP contribution in [0.15, 0.2) is 30.8 Å². The van der Waals surface area contributed by atoms with Crippen LogP contribution in [-0.2, 0) is 4.79 Å². The van der Waals surface area contributed by atoms with Crippen LogP contribution in [0.1, 0.15) is 17.2 Å². The van der Waals surface area contributed by atoms with E-state index in [1.807, 2.05) is 0 Å². The van der Waals surface area contributed by atoms with Gasteiger partial charge in [0.1, 0.15) is 6.10 Å². The minimum Gasteiger partial charge on any atom is -0.479 e. The van der Waals surface area contributed by atoms with Gasteiger partial charge in [-0.05, 0) is 17.2 Å². The van der Waals surface area contributed by atoms with Crippen molar-refractivity contribution < 1.29 is 20.1 Å². The van der Waals surface area contributed by atoms with Crippen molar-refractivity contribution in [1.82, 2.24) is 0 Å². The molecule has 0 spiro atoms. The highest BCUT2D eigenvalue weighted by Crippen LogP contribution is 2.18. The Bertz CT molecular complexity index is 373. The van der Waals surface area contributed by atoms with Crippen molar-refractivity contribution >= 4 is 12.0 Å². The van der Waals surface area contributed by atoms with Gasteiger partial charge in [0, 0.05) is 0 Å². The van der Waals surface area contributed by atoms with Gasteiger partial charge in [-0.2, -0.15) is 0 Å². The smallest absolute Gasteiger partial charge is 0.335 e. The van der Waals surface area contributed by atoms with Crippen LogP contribution in [0.2, 0.25) is 0 Å². The fraction of sp³-hybridized carbons (Fsp3) is 0.182. The number of carboxylic acids is 1. The van der Waals surface area contributed by atoms with Crippen LogP contribution in [0, 0.1) is 0 Å². The van der Waals surface area contributed by atoms with Crippen molar-refractivity contribution in [2.75, 3.05) is 0 Å². The Morgan fingerprint density at radius 2 is 2.07 bits per heavy atom. The molecule has 4 heteroatoms. The van der Waals surface area contributed by atoms with Gasteiger partial charge in [-0.15, -0.1) is 0 Å². The van der Waals surface area contributed by atoms with E-state index in [0.29, 0.717) is 5.56 Å². The first-order valence-corrected chi connectivity index (χ1v) is 4.37. The van der Waals surface area contributed by atoms with Crippen LogP contribution < -0.4 is 0 Å². The summed E-state index contributed by atoms with van der Waals surface area (Å²) in [5.74, 6) is -1.45. The summed E-state index contributed by atoms with van der Waals surface area (Å²) in [5.41, 5.74) is 1.10. The fourth-order valence-electron chi connectivity index (χ4n) is 1.19. The quantitative estimate of drug-likeness (QED) is 0.684. The van der Waals surface area contributed by atoms with Crippen LogP contribution in [0.5, 0.6) is 0 Å². The lowest BCUT2D eigenvalue weighted by Crippen LogP contribution is -2.27. The molecule has 4 nitrogen and oxygen atoms in total. The second kappa shape index (κ2) is 4.72. The van der Waals surface area contributed by atoms with E-state index in [-0.39, 0.29) is 0 Å². The predicted octanol–water partition coefficient (Wildman–Crippen LogP) is 0.808. The maximum atomic E-state index is 10.4. The van der Waals surface area contributed by atoms with Gasteiger partial charge in [0.05, 0.1) is 0 Å². The summed E-state index contributed by atoms with van der Waals surface area (Å²) in [7, 11) is 0. The molecule has 0 saturated heterocycles. The van der Waals surface area contributed by atoms with E-state index in [2.05, 4.69) is 6.58 Å². The van der Waals surface area contributed by atoms with E-state index in [1.165, 1.54) is 0 Å². The van der Waals surface area contributed by atoms with Crippen molar-refractivity contribution in [3.8, 4) is 0 Å². The molecule has 0 bridgehead atoms. The molecule has 0 aromatic heterocycles. The highest BCUT2D eigenvalue weighted by Gasteiger charge is 2.24. The van der Waals surface area contributed by atoms with E-state index >= 15 is 0 Å². The maximum Gasteiger partial charge on any atom is 0.335 e. The van der Waals surface area contributed by atoms with Crippen molar-refractivity contribution in [3.05, 3.63) is 42.0 Å². The molecule has 1 aromatic carbocycles. The minimum absolute atomic E-state index is 0.349. The van der Waals surface area contributed by atoms with E-state index in [4.69, 9.17) is 10.2 Å². The van der Waals surface area contributed by atoms with Gasteiger partial charge in [-0.25, -0.2) is 4.79 Å². The first-order chi connectivity index (χ1) is 7.06. The van der Waals surface area contributed by atoms with Gasteiger partial charge in [0.15, 0.2) is 6.10 Å². The molecule has 0 aliphatic carbocycles. The molecule has 2 unspecified atom stereocenters. The lowest BCUT2D eigenvalue weighted by atomic mass is 10.0. The Labute approximate surface area is 87.1 Å². The topological polar surface area (TPSA) is 77.8 Å². The average Bonchev–Trinajstić information content (AvgIpc) is 2.27. The average molecular weight is 208 g/mol. The van der Waals surface area contributed by atoms with Crippen LogP contribution in [0.25, 0.3) is 6.08 Å². The van der Waals surface area contributed by atoms with E-state index in [9.17, 15) is 9.90 Å². The number of aliphatic hydroxyl groups is 2. The number of hydrogen-bond acceptors (Lipinski definition) is 3. The molecule has 0 amide bonds. The van der Waals surface area contributed by atoms with Crippen LogP contribution in [0.3, 0.4) is 0 Å². The molecule has 0 saturated carbocycles. The number of carbonyl (C=O) groups is 1. The molecule has 0 fully saturated rings. The van der Waals surface area contributed by atoms with Gasteiger partial charge in [0.25, 0.3) is 0 Å². The molecule has 0 aliphatic rings. The maximum absolute atomic E-state index is 10.4. The van der Waals surface area contributed by atoms with Gasteiger partial charge in [-0.3, -0.25) is 0 Å². The summed E-state index contributed by atoms with van der Waals surface area (Å²) in [6.07, 6.45) is -1.67. The molecule has 3 N–H and O–H groups in total. The molecule has 80 valence electrons. The zero-order valence-electron chi connectivity index (χ0n) is 8.00. The molecular formula is C11H12O4. The second-order valence-electron chi connectivity index (χ2n) is 3.10. The van der Waals surface area contributed by atoms with E-state index in [1.54, 1.807) is 30.3 Å². The summed E-state index contributed by atoms with van der Waals surface area (Å²) in [4.78, 5) is 10.4. The van der Waals surface area contributed by atoms with Crippen LogP contribution in [0.4, 0.5) is 0 Å². The third kappa shape index (κ3) is 2.65. The third-order valence-corrected chi connectivity index (χ3v) is 2.04. The fourth-order valence-corrected chi connectivity index (χ4v) is 1.19. The first kappa shape index (κ1) is 11.4. The summed E-state index contributed by atoms with van der Waals surface area (Å²) in [6, 6.07) is 6.54. The Balaban J connectivity index is 2.95. The number of aliphatic carboxylic acids is 1. The predicted molar refractivity (Wildman–Crippen MR) is 55.1 cm³/mol. The van der Waals surface area contributed by atoms with Crippen LogP contribution >= 0.6 is 0 Å². The van der Waals surface area contributed by atoms with Gasteiger partial charge >= 0.3 is 5.97 Å². The summed E-state index contributed by atoms with van der Waals surface area (Å²) in [5, 5.41) is 27.2. The van der Waals surface area contributed by atoms with Crippen LogP contribution in [-0.4, -0.2) is 27.4 Å². The Morgan fingerprint density at radius 3 is 2.60 bits per heavy atom. The second-order valence-corrected chi connectivity index (χ2v) is 3.10. The van der Waals surface area contributed by atoms with Gasteiger partial charge in [0.2, 0.25) is 0 Å². The van der Waals surface area contributed by atoms with E-state index < -0.39 is 18.2 Å². The molecule has 2 atom stereocenters. The molecule has 0 heterocycles. The largest absolute Gasteiger partial charge is 0.479 e. The zero-order chi connectivity index (χ0) is 11.4. The number of rotatable bonds is 4. The minimum atomic E-state index is -1.81. The first-order valence-electron chi connectivity index (χ1n) is 4.37. The number of benzene rings is 1. The highest BCUT2D eigenvalue weighted by atomic mass is 16.4. The monoisotopic (exact) mass is 208 g/mol. The van der Waals surface area contributed by atoms with Gasteiger partial charge in [-0.1, -0.05) is 30.9 Å². The molecule has 1 rings (SSSR count). The molecular weight excluding hydrogens is 196 g/mol. The summed E-state index contributed by atoms with van der Waals surface area (Å²) >= 11 is 0. The highest BCUT2D eigenvalue weighted by molar-refractivity contribution is 5.73. The lowest BCUT2D eigenvalue weighted by Gasteiger charge is -2.14. The number of carboxylic acid groups (broad SMARTS) is 1. The van der Waals surface area contributed by atoms with Gasteiger partial charge < -0.3 is 15.3 Å². The third-order valence-electron chi connectivity index (χ3n) is 2.04. The molecule has 15 heavy (non-hydrogen) atoms. The summed E-state index contributed by atoms with van der Waals surface area (Å²) in [6.45, 7) is 3.55. The van der Waals surface area contributed by atoms with Crippen molar-refractivity contribution in [2.45, 2.75) is 12.2 Å². The number of aliphatic hydroxyl groups excluding tert-OH is 2. The Kier molecular flexibility index (Phi) is 3.60. The normalized spacial score (nSPS) is 14.3. The van der Waals surface area contributed by atoms with Crippen molar-refractivity contribution in [3.63, 3.8) is 0 Å². The van der Waals surface area contributed by atoms with Crippen molar-refractivity contribution in [2.24, 2.45) is 0 Å². The molecule has 0 radical (unpaired) electrons. The zero-order valence-corrected chi connectivity index (χ0v) is 8.00. The van der Waals surface area contributed by atoms with E-state index in [0.717, 1.165) is 5.56 Å². The molecule has 1 aromatic rings. The Hall–Kier alpha value is -1.65. The lowest BCUT2D eigenvalue weighted by molar-refractivity contribution is -0.153.